The first-order valence-corrected chi connectivity index (χ1v) is 7.10. The number of carbonyl (C=O) groups is 2. The normalized spacial score (nSPS) is 20.2. The Morgan fingerprint density at radius 3 is 2.59 bits per heavy atom. The van der Waals surface area contributed by atoms with E-state index in [2.05, 4.69) is 10.1 Å². The lowest BCUT2D eigenvalue weighted by molar-refractivity contribution is 0.0437. The molecule has 1 aliphatic rings. The van der Waals surface area contributed by atoms with Gasteiger partial charge in [-0.05, 0) is 44.0 Å². The Morgan fingerprint density at radius 2 is 2.00 bits per heavy atom. The monoisotopic (exact) mass is 307 g/mol. The van der Waals surface area contributed by atoms with Crippen LogP contribution in [0.3, 0.4) is 0 Å². The maximum atomic E-state index is 11.9. The van der Waals surface area contributed by atoms with Crippen LogP contribution < -0.4 is 5.32 Å². The SMILES string of the molecule is COC(=O)c1ccc2c(c1)C[C@H](O)C2NC(=O)OC(C)(C)C. The molecule has 1 amide bonds. The minimum absolute atomic E-state index is 0.362. The summed E-state index contributed by atoms with van der Waals surface area (Å²) in [5, 5.41) is 12.8. The van der Waals surface area contributed by atoms with Crippen LogP contribution in [0.5, 0.6) is 0 Å². The molecular formula is C16H21NO5. The number of fused-ring (bicyclic) bond motifs is 1. The molecule has 1 unspecified atom stereocenters. The van der Waals surface area contributed by atoms with Gasteiger partial charge in [0.25, 0.3) is 0 Å². The van der Waals surface area contributed by atoms with Gasteiger partial charge in [0.05, 0.1) is 24.8 Å². The van der Waals surface area contributed by atoms with E-state index in [0.29, 0.717) is 12.0 Å². The highest BCUT2D eigenvalue weighted by Gasteiger charge is 2.34. The average molecular weight is 307 g/mol. The molecule has 1 aliphatic carbocycles. The van der Waals surface area contributed by atoms with Crippen molar-refractivity contribution < 1.29 is 24.2 Å². The zero-order valence-electron chi connectivity index (χ0n) is 13.2. The molecule has 0 heterocycles. The fourth-order valence-corrected chi connectivity index (χ4v) is 2.49. The predicted octanol–water partition coefficient (Wildman–Crippen LogP) is 1.96. The molecule has 0 radical (unpaired) electrons. The van der Waals surface area contributed by atoms with E-state index in [1.54, 1.807) is 39.0 Å². The lowest BCUT2D eigenvalue weighted by Gasteiger charge is -2.23. The molecule has 0 saturated carbocycles. The van der Waals surface area contributed by atoms with Crippen molar-refractivity contribution in [2.24, 2.45) is 0 Å². The van der Waals surface area contributed by atoms with Gasteiger partial charge < -0.3 is 19.9 Å². The van der Waals surface area contributed by atoms with Crippen molar-refractivity contribution >= 4 is 12.1 Å². The van der Waals surface area contributed by atoms with E-state index in [9.17, 15) is 14.7 Å². The molecule has 2 atom stereocenters. The Morgan fingerprint density at radius 1 is 1.32 bits per heavy atom. The Kier molecular flexibility index (Phi) is 4.42. The second-order valence-corrected chi connectivity index (χ2v) is 6.30. The van der Waals surface area contributed by atoms with Gasteiger partial charge in [0.15, 0.2) is 0 Å². The van der Waals surface area contributed by atoms with Gasteiger partial charge in [-0.3, -0.25) is 0 Å². The van der Waals surface area contributed by atoms with E-state index in [4.69, 9.17) is 4.74 Å². The van der Waals surface area contributed by atoms with Crippen LogP contribution >= 0.6 is 0 Å². The minimum atomic E-state index is -0.754. The van der Waals surface area contributed by atoms with E-state index in [-0.39, 0.29) is 0 Å². The first-order chi connectivity index (χ1) is 10.2. The Hall–Kier alpha value is -2.08. The maximum absolute atomic E-state index is 11.9. The fourth-order valence-electron chi connectivity index (χ4n) is 2.49. The number of aliphatic hydroxyl groups is 1. The van der Waals surface area contributed by atoms with E-state index in [0.717, 1.165) is 11.1 Å². The summed E-state index contributed by atoms with van der Waals surface area (Å²) >= 11 is 0. The number of carbonyl (C=O) groups excluding carboxylic acids is 2. The highest BCUT2D eigenvalue weighted by Crippen LogP contribution is 2.32. The molecule has 1 aromatic rings. The number of nitrogens with one attached hydrogen (secondary N) is 1. The predicted molar refractivity (Wildman–Crippen MR) is 79.6 cm³/mol. The number of hydrogen-bond donors (Lipinski definition) is 2. The highest BCUT2D eigenvalue weighted by atomic mass is 16.6. The van der Waals surface area contributed by atoms with E-state index in [1.165, 1.54) is 7.11 Å². The van der Waals surface area contributed by atoms with Crippen molar-refractivity contribution in [2.75, 3.05) is 7.11 Å². The summed E-state index contributed by atoms with van der Waals surface area (Å²) in [6.45, 7) is 5.32. The van der Waals surface area contributed by atoms with E-state index in [1.807, 2.05) is 0 Å². The molecule has 0 fully saturated rings. The maximum Gasteiger partial charge on any atom is 0.408 e. The van der Waals surface area contributed by atoms with Crippen LogP contribution in [0.2, 0.25) is 0 Å². The van der Waals surface area contributed by atoms with Crippen molar-refractivity contribution in [3.05, 3.63) is 34.9 Å². The second-order valence-electron chi connectivity index (χ2n) is 6.30. The van der Waals surface area contributed by atoms with Crippen molar-refractivity contribution in [3.63, 3.8) is 0 Å². The number of hydrogen-bond acceptors (Lipinski definition) is 5. The number of benzene rings is 1. The number of methoxy groups -OCH3 is 1. The van der Waals surface area contributed by atoms with Gasteiger partial charge in [0.1, 0.15) is 5.60 Å². The molecule has 22 heavy (non-hydrogen) atoms. The van der Waals surface area contributed by atoms with Gasteiger partial charge in [-0.1, -0.05) is 6.07 Å². The van der Waals surface area contributed by atoms with Crippen LogP contribution in [0.1, 0.15) is 48.3 Å². The fraction of sp³-hybridized carbons (Fsp3) is 0.500. The van der Waals surface area contributed by atoms with Crippen LogP contribution in [-0.4, -0.2) is 36.0 Å². The van der Waals surface area contributed by atoms with Crippen LogP contribution in [0.15, 0.2) is 18.2 Å². The lowest BCUT2D eigenvalue weighted by atomic mass is 10.0. The third kappa shape index (κ3) is 3.57. The number of ether oxygens (including phenoxy) is 2. The Bertz CT molecular complexity index is 591. The van der Waals surface area contributed by atoms with Gasteiger partial charge in [0, 0.05) is 6.42 Å². The van der Waals surface area contributed by atoms with Crippen LogP contribution in [0.4, 0.5) is 4.79 Å². The van der Waals surface area contributed by atoms with Crippen molar-refractivity contribution in [1.29, 1.82) is 0 Å². The molecule has 0 spiro atoms. The van der Waals surface area contributed by atoms with Crippen molar-refractivity contribution in [1.82, 2.24) is 5.32 Å². The number of rotatable bonds is 2. The van der Waals surface area contributed by atoms with Crippen LogP contribution in [-0.2, 0) is 15.9 Å². The van der Waals surface area contributed by atoms with Crippen LogP contribution in [0.25, 0.3) is 0 Å². The summed E-state index contributed by atoms with van der Waals surface area (Å²) in [6.07, 6.45) is -0.975. The lowest BCUT2D eigenvalue weighted by Crippen LogP contribution is -2.38. The molecule has 0 aromatic heterocycles. The summed E-state index contributed by atoms with van der Waals surface area (Å²) in [7, 11) is 1.32. The molecular weight excluding hydrogens is 286 g/mol. The molecule has 120 valence electrons. The summed E-state index contributed by atoms with van der Waals surface area (Å²) in [6, 6.07) is 4.48. The largest absolute Gasteiger partial charge is 0.465 e. The molecule has 1 aromatic carbocycles. The Balaban J connectivity index is 2.17. The second kappa shape index (κ2) is 5.96. The first kappa shape index (κ1) is 16.3. The summed E-state index contributed by atoms with van der Waals surface area (Å²) in [4.78, 5) is 23.4. The van der Waals surface area contributed by atoms with Gasteiger partial charge >= 0.3 is 12.1 Å². The molecule has 2 N–H and O–H groups in total. The topological polar surface area (TPSA) is 84.9 Å². The number of alkyl carbamates (subject to hydrolysis) is 1. The van der Waals surface area contributed by atoms with Crippen LogP contribution in [0, 0.1) is 0 Å². The number of esters is 1. The quantitative estimate of drug-likeness (QED) is 0.816. The Labute approximate surface area is 129 Å². The van der Waals surface area contributed by atoms with Gasteiger partial charge in [-0.15, -0.1) is 0 Å². The zero-order chi connectivity index (χ0) is 16.5. The standard InChI is InChI=1S/C16H21NO5/c1-16(2,3)22-15(20)17-13-11-6-5-9(14(19)21-4)7-10(11)8-12(13)18/h5-7,12-13,18H,8H2,1-4H3,(H,17,20)/t12-,13?/m0/s1. The smallest absolute Gasteiger partial charge is 0.408 e. The van der Waals surface area contributed by atoms with Crippen molar-refractivity contribution in [3.8, 4) is 0 Å². The summed E-state index contributed by atoms with van der Waals surface area (Å²) in [5.41, 5.74) is 1.42. The zero-order valence-corrected chi connectivity index (χ0v) is 13.2. The molecule has 6 heteroatoms. The molecule has 0 aliphatic heterocycles. The summed E-state index contributed by atoms with van der Waals surface area (Å²) < 4.78 is 9.89. The van der Waals surface area contributed by atoms with Crippen molar-refractivity contribution in [2.45, 2.75) is 44.9 Å². The molecule has 0 saturated heterocycles. The molecule has 0 bridgehead atoms. The molecule has 6 nitrogen and oxygen atoms in total. The number of amides is 1. The average Bonchev–Trinajstić information content (AvgIpc) is 2.71. The number of aliphatic hydroxyl groups excluding tert-OH is 1. The molecule has 2 rings (SSSR count). The summed E-state index contributed by atoms with van der Waals surface area (Å²) in [5.74, 6) is -0.430. The van der Waals surface area contributed by atoms with Gasteiger partial charge in [-0.2, -0.15) is 0 Å². The van der Waals surface area contributed by atoms with Gasteiger partial charge in [0.2, 0.25) is 0 Å². The third-order valence-corrected chi connectivity index (χ3v) is 3.39. The first-order valence-electron chi connectivity index (χ1n) is 7.10. The van der Waals surface area contributed by atoms with Gasteiger partial charge in [-0.25, -0.2) is 9.59 Å². The van der Waals surface area contributed by atoms with E-state index >= 15 is 0 Å². The minimum Gasteiger partial charge on any atom is -0.465 e. The van der Waals surface area contributed by atoms with E-state index < -0.39 is 29.8 Å². The highest BCUT2D eigenvalue weighted by molar-refractivity contribution is 5.89. The third-order valence-electron chi connectivity index (χ3n) is 3.39.